The van der Waals surface area contributed by atoms with Crippen LogP contribution in [0, 0.1) is 17.8 Å². The van der Waals surface area contributed by atoms with Crippen LogP contribution in [0.3, 0.4) is 0 Å². The fourth-order valence-corrected chi connectivity index (χ4v) is 9.47. The molecule has 0 saturated carbocycles. The summed E-state index contributed by atoms with van der Waals surface area (Å²) in [6, 6.07) is -1.36. The zero-order valence-corrected chi connectivity index (χ0v) is 43.3. The molecular formula is C53H83NO22. The maximum atomic E-state index is 12.7. The van der Waals surface area contributed by atoms with E-state index in [1.165, 1.54) is 19.1 Å². The number of rotatable bonds is 6. The molecule has 0 aromatic heterocycles. The number of esters is 1. The quantitative estimate of drug-likeness (QED) is 0.130. The van der Waals surface area contributed by atoms with Crippen LogP contribution < -0.4 is 5.32 Å². The zero-order valence-electron chi connectivity index (χ0n) is 43.3. The molecule has 0 radical (unpaired) electrons. The number of carboxylic acids is 1. The summed E-state index contributed by atoms with van der Waals surface area (Å²) in [6.07, 6.45) is -4.45. The molecule has 0 aliphatic carbocycles. The number of allylic oxidation sites excluding steroid dienone is 12. The summed E-state index contributed by atoms with van der Waals surface area (Å²) in [7, 11) is 0. The Hall–Kier alpha value is -3.64. The Bertz CT molecular complexity index is 2000. The Kier molecular flexibility index (Phi) is 26.2. The highest BCUT2D eigenvalue weighted by molar-refractivity contribution is 5.71. The van der Waals surface area contributed by atoms with Gasteiger partial charge in [-0.15, -0.1) is 0 Å². The molecule has 4 aliphatic rings. The van der Waals surface area contributed by atoms with Crippen LogP contribution in [0.5, 0.6) is 0 Å². The third-order valence-electron chi connectivity index (χ3n) is 14.2. The highest BCUT2D eigenvalue weighted by Crippen LogP contribution is 2.38. The number of aliphatic hydroxyl groups is 14. The average molecular weight is 1090 g/mol. The highest BCUT2D eigenvalue weighted by atomic mass is 16.7. The number of carbonyl (C=O) groups is 2. The first-order valence-corrected chi connectivity index (χ1v) is 25.8. The minimum Gasteiger partial charge on any atom is -0.481 e. The summed E-state index contributed by atoms with van der Waals surface area (Å²) in [5.74, 6) is -9.70. The van der Waals surface area contributed by atoms with Gasteiger partial charge in [-0.2, -0.15) is 0 Å². The van der Waals surface area contributed by atoms with Crippen molar-refractivity contribution in [1.82, 2.24) is 5.32 Å². The lowest BCUT2D eigenvalue weighted by molar-refractivity contribution is -0.323. The van der Waals surface area contributed by atoms with Crippen molar-refractivity contribution in [3.63, 3.8) is 0 Å². The fraction of sp³-hybridized carbons (Fsp3) is 0.698. The van der Waals surface area contributed by atoms with E-state index in [0.717, 1.165) is 0 Å². The van der Waals surface area contributed by atoms with E-state index in [2.05, 4.69) is 5.32 Å². The molecule has 0 aromatic rings. The Morgan fingerprint density at radius 2 is 1.21 bits per heavy atom. The monoisotopic (exact) mass is 1090 g/mol. The second-order valence-electron chi connectivity index (χ2n) is 20.6. The highest BCUT2D eigenvalue weighted by Gasteiger charge is 2.53. The molecule has 4 aliphatic heterocycles. The third kappa shape index (κ3) is 19.6. The molecule has 23 heteroatoms. The normalized spacial score (nSPS) is 46.8. The lowest BCUT2D eigenvalue weighted by Crippen LogP contribution is -2.69. The SMILES string of the molecule is C[C@@H]1[C@H](O)[C@@H](C)/C=C/C=C/C=C/C=C/C=C/C=C/C=C/[C@H](O[C@@H]2O[C@H](C)[C@@H](O)[C@H](NC[C@]3(O)OC[C@@H](O)[C@@H](O)[C@@H]3O)[C@@H]2O)C[C@@H]2O[C@](O)(C[C@@H](O)[C@H](O)CC[C@@H](O)C[C@@H](O)C[C@@H](O)CC(=O)O[C@H]1C)C[C@H](O)[C@H]2C(=O)O. The van der Waals surface area contributed by atoms with Gasteiger partial charge in [-0.25, -0.2) is 0 Å². The summed E-state index contributed by atoms with van der Waals surface area (Å²) in [6.45, 7) is 5.38. The van der Waals surface area contributed by atoms with Crippen molar-refractivity contribution in [2.75, 3.05) is 13.2 Å². The van der Waals surface area contributed by atoms with E-state index < -0.39 is 184 Å². The first-order valence-electron chi connectivity index (χ1n) is 25.8. The average Bonchev–Trinajstić information content (AvgIpc) is 3.33. The van der Waals surface area contributed by atoms with Gasteiger partial charge in [0.25, 0.3) is 0 Å². The number of hydrogen-bond donors (Lipinski definition) is 16. The number of cyclic esters (lactones) is 1. The molecule has 23 nitrogen and oxygen atoms in total. The van der Waals surface area contributed by atoms with Crippen LogP contribution in [0.15, 0.2) is 85.1 Å². The largest absolute Gasteiger partial charge is 0.481 e. The standard InChI is InChI=1S/C53H83NO22/c1-29-17-15-13-11-9-7-5-6-8-10-12-14-16-18-36(75-51-48(66)44(46(64)32(4)74-51)54-28-53(71)49(67)47(65)40(61)27-72-53)24-41-43(50(68)69)39(60)26-52(70,76-41)25-38(59)37(58)20-19-33(55)21-34(56)22-35(57)23-42(62)73-31(3)30(2)45(29)63/h5-18,29-41,43-49,51,54-61,63-67,70-71H,19-28H2,1-4H3,(H,68,69)/b6-5+,9-7+,10-8+,13-11+,14-12+,17-15+,18-16+/t29-,30-,31-,32+,33+,34+,35+,36-,37+,38+,39-,40+,41-,43+,44-,45+,46+,47+,48-,49-,51-,52+,53-/m0/s1. The smallest absolute Gasteiger partial charge is 0.311 e. The molecule has 4 rings (SSSR count). The van der Waals surface area contributed by atoms with Gasteiger partial charge in [-0.05, 0) is 39.5 Å². The van der Waals surface area contributed by atoms with Crippen LogP contribution in [0.1, 0.15) is 79.1 Å². The summed E-state index contributed by atoms with van der Waals surface area (Å²) < 4.78 is 28.7. The molecule has 3 fully saturated rings. The van der Waals surface area contributed by atoms with Gasteiger partial charge < -0.3 is 106 Å². The number of carbonyl (C=O) groups excluding carboxylic acids is 1. The van der Waals surface area contributed by atoms with Gasteiger partial charge in [0.05, 0.1) is 92.8 Å². The second-order valence-corrected chi connectivity index (χ2v) is 20.6. The van der Waals surface area contributed by atoms with Crippen LogP contribution in [0.4, 0.5) is 0 Å². The number of fused-ring (bicyclic) bond motifs is 2. The minimum atomic E-state index is -2.47. The molecule has 0 unspecified atom stereocenters. The topological polar surface area (TPSA) is 396 Å². The summed E-state index contributed by atoms with van der Waals surface area (Å²) in [5, 5.41) is 165. The van der Waals surface area contributed by atoms with Crippen molar-refractivity contribution in [3.8, 4) is 0 Å². The zero-order chi connectivity index (χ0) is 56.5. The minimum absolute atomic E-state index is 0.186. The molecule has 4 heterocycles. The van der Waals surface area contributed by atoms with Gasteiger partial charge in [-0.1, -0.05) is 98.9 Å². The van der Waals surface area contributed by atoms with Gasteiger partial charge >= 0.3 is 11.9 Å². The number of aliphatic carboxylic acids is 1. The number of carboxylic acid groups (broad SMARTS) is 1. The van der Waals surface area contributed by atoms with E-state index in [1.54, 1.807) is 86.8 Å². The summed E-state index contributed by atoms with van der Waals surface area (Å²) in [5.41, 5.74) is 0. The first-order chi connectivity index (χ1) is 35.7. The number of aliphatic hydroxyl groups excluding tert-OH is 12. The Balaban J connectivity index is 1.59. The van der Waals surface area contributed by atoms with Gasteiger partial charge in [0.1, 0.15) is 36.4 Å². The molecule has 16 N–H and O–H groups in total. The summed E-state index contributed by atoms with van der Waals surface area (Å²) >= 11 is 0. The van der Waals surface area contributed by atoms with Crippen LogP contribution in [-0.4, -0.2) is 223 Å². The van der Waals surface area contributed by atoms with E-state index in [1.807, 2.05) is 6.92 Å². The van der Waals surface area contributed by atoms with E-state index in [0.29, 0.717) is 0 Å². The third-order valence-corrected chi connectivity index (χ3v) is 14.2. The Morgan fingerprint density at radius 3 is 1.82 bits per heavy atom. The van der Waals surface area contributed by atoms with E-state index in [-0.39, 0.29) is 31.6 Å². The van der Waals surface area contributed by atoms with Gasteiger partial charge in [0.15, 0.2) is 12.1 Å². The predicted molar refractivity (Wildman–Crippen MR) is 270 cm³/mol. The molecule has 2 bridgehead atoms. The lowest BCUT2D eigenvalue weighted by atomic mass is 9.82. The molecule has 0 aromatic carbocycles. The fourth-order valence-electron chi connectivity index (χ4n) is 9.47. The van der Waals surface area contributed by atoms with Crippen molar-refractivity contribution in [2.24, 2.45) is 17.8 Å². The van der Waals surface area contributed by atoms with E-state index in [4.69, 9.17) is 23.7 Å². The molecule has 3 saturated heterocycles. The summed E-state index contributed by atoms with van der Waals surface area (Å²) in [4.78, 5) is 25.4. The Labute approximate surface area is 442 Å². The Morgan fingerprint density at radius 1 is 0.645 bits per heavy atom. The maximum absolute atomic E-state index is 12.7. The molecule has 23 atom stereocenters. The van der Waals surface area contributed by atoms with Gasteiger partial charge in [-0.3, -0.25) is 9.59 Å². The molecule has 432 valence electrons. The van der Waals surface area contributed by atoms with Crippen molar-refractivity contribution < 1.29 is 110 Å². The van der Waals surface area contributed by atoms with Crippen molar-refractivity contribution >= 4 is 11.9 Å². The van der Waals surface area contributed by atoms with Gasteiger partial charge in [0.2, 0.25) is 5.79 Å². The molecular weight excluding hydrogens is 1000 g/mol. The predicted octanol–water partition coefficient (Wildman–Crippen LogP) is -1.86. The van der Waals surface area contributed by atoms with Crippen LogP contribution in [0.2, 0.25) is 0 Å². The number of hydrogen-bond acceptors (Lipinski definition) is 22. The molecule has 0 spiro atoms. The van der Waals surface area contributed by atoms with Crippen LogP contribution >= 0.6 is 0 Å². The van der Waals surface area contributed by atoms with Crippen molar-refractivity contribution in [3.05, 3.63) is 85.1 Å². The second kappa shape index (κ2) is 30.6. The lowest BCUT2D eigenvalue weighted by Gasteiger charge is -2.46. The van der Waals surface area contributed by atoms with Crippen LogP contribution in [-0.2, 0) is 33.3 Å². The number of nitrogens with one attached hydrogen (secondary N) is 1. The molecule has 0 amide bonds. The van der Waals surface area contributed by atoms with Gasteiger partial charge in [0, 0.05) is 31.1 Å². The maximum Gasteiger partial charge on any atom is 0.311 e. The van der Waals surface area contributed by atoms with Crippen molar-refractivity contribution in [1.29, 1.82) is 0 Å². The van der Waals surface area contributed by atoms with Crippen molar-refractivity contribution in [2.45, 2.75) is 201 Å². The van der Waals surface area contributed by atoms with E-state index >= 15 is 0 Å². The first kappa shape index (κ1) is 64.9. The number of ether oxygens (including phenoxy) is 5. The molecule has 76 heavy (non-hydrogen) atoms. The van der Waals surface area contributed by atoms with E-state index in [9.17, 15) is 86.2 Å². The van der Waals surface area contributed by atoms with Crippen LogP contribution in [0.25, 0.3) is 0 Å².